The summed E-state index contributed by atoms with van der Waals surface area (Å²) in [5.41, 5.74) is 6.30. The number of hydrogen-bond donors (Lipinski definition) is 1. The van der Waals surface area contributed by atoms with Gasteiger partial charge in [-0.25, -0.2) is 4.90 Å². The SMILES string of the molecule is Cc1ccc(C(=O)N(C(=O)c2ccc(C)cc2)c2ccc(/C=C/c3ccc(CCC(=O)O)cc3)cc2)cc1. The van der Waals surface area contributed by atoms with E-state index >= 15 is 0 Å². The summed E-state index contributed by atoms with van der Waals surface area (Å²) >= 11 is 0. The molecule has 2 amide bonds. The number of nitrogens with zero attached hydrogens (tertiary/aromatic N) is 1. The van der Waals surface area contributed by atoms with E-state index in [0.29, 0.717) is 23.2 Å². The van der Waals surface area contributed by atoms with Gasteiger partial charge in [0, 0.05) is 17.5 Å². The van der Waals surface area contributed by atoms with Gasteiger partial charge < -0.3 is 5.11 Å². The molecule has 0 aliphatic carbocycles. The molecule has 190 valence electrons. The van der Waals surface area contributed by atoms with Crippen molar-refractivity contribution in [2.45, 2.75) is 26.7 Å². The number of carboxylic acids is 1. The number of aliphatic carboxylic acids is 1. The fourth-order valence-corrected chi connectivity index (χ4v) is 3.95. The summed E-state index contributed by atoms with van der Waals surface area (Å²) in [7, 11) is 0. The van der Waals surface area contributed by atoms with Gasteiger partial charge in [-0.2, -0.15) is 0 Å². The number of anilines is 1. The number of carboxylic acid groups (broad SMARTS) is 1. The molecule has 5 heteroatoms. The zero-order valence-corrected chi connectivity index (χ0v) is 21.4. The number of rotatable bonds is 8. The van der Waals surface area contributed by atoms with Gasteiger partial charge in [-0.05, 0) is 73.4 Å². The van der Waals surface area contributed by atoms with Crippen LogP contribution in [0.4, 0.5) is 5.69 Å². The van der Waals surface area contributed by atoms with Crippen molar-refractivity contribution in [1.82, 2.24) is 0 Å². The highest BCUT2D eigenvalue weighted by atomic mass is 16.4. The van der Waals surface area contributed by atoms with Crippen molar-refractivity contribution in [2.75, 3.05) is 4.90 Å². The average Bonchev–Trinajstić information content (AvgIpc) is 2.93. The van der Waals surface area contributed by atoms with E-state index in [2.05, 4.69) is 0 Å². The quantitative estimate of drug-likeness (QED) is 0.208. The van der Waals surface area contributed by atoms with Crippen LogP contribution in [0.25, 0.3) is 12.2 Å². The van der Waals surface area contributed by atoms with Crippen LogP contribution in [0.3, 0.4) is 0 Å². The number of hydrogen-bond acceptors (Lipinski definition) is 3. The van der Waals surface area contributed by atoms with Crippen molar-refractivity contribution in [2.24, 2.45) is 0 Å². The van der Waals surface area contributed by atoms with Crippen LogP contribution in [0.15, 0.2) is 97.1 Å². The molecule has 1 N–H and O–H groups in total. The van der Waals surface area contributed by atoms with Crippen LogP contribution >= 0.6 is 0 Å². The highest BCUT2D eigenvalue weighted by molar-refractivity contribution is 6.25. The third-order valence-electron chi connectivity index (χ3n) is 6.23. The predicted molar refractivity (Wildman–Crippen MR) is 151 cm³/mol. The molecule has 0 saturated heterocycles. The van der Waals surface area contributed by atoms with Crippen molar-refractivity contribution in [3.63, 3.8) is 0 Å². The molecule has 4 aromatic rings. The molecule has 38 heavy (non-hydrogen) atoms. The lowest BCUT2D eigenvalue weighted by atomic mass is 10.1. The molecule has 0 spiro atoms. The Labute approximate surface area is 222 Å². The number of carbonyl (C=O) groups excluding carboxylic acids is 2. The molecule has 5 nitrogen and oxygen atoms in total. The van der Waals surface area contributed by atoms with Crippen LogP contribution in [-0.4, -0.2) is 22.9 Å². The molecule has 0 radical (unpaired) electrons. The van der Waals surface area contributed by atoms with E-state index in [1.54, 1.807) is 36.4 Å². The zero-order valence-electron chi connectivity index (χ0n) is 21.4. The van der Waals surface area contributed by atoms with Gasteiger partial charge in [-0.3, -0.25) is 14.4 Å². The lowest BCUT2D eigenvalue weighted by Gasteiger charge is -2.21. The Bertz CT molecular complexity index is 1390. The fraction of sp³-hybridized carbons (Fsp3) is 0.121. The van der Waals surface area contributed by atoms with Crippen LogP contribution in [0.1, 0.15) is 55.0 Å². The minimum Gasteiger partial charge on any atom is -0.481 e. The molecule has 0 aliphatic heterocycles. The molecule has 4 aromatic carbocycles. The Morgan fingerprint density at radius 2 is 1.05 bits per heavy atom. The smallest absolute Gasteiger partial charge is 0.303 e. The zero-order chi connectivity index (χ0) is 27.1. The molecular formula is C33H29NO4. The minimum atomic E-state index is -0.808. The van der Waals surface area contributed by atoms with Gasteiger partial charge in [0.05, 0.1) is 5.69 Å². The first-order valence-electron chi connectivity index (χ1n) is 12.4. The molecular weight excluding hydrogens is 474 g/mol. The lowest BCUT2D eigenvalue weighted by molar-refractivity contribution is -0.136. The molecule has 0 atom stereocenters. The van der Waals surface area contributed by atoms with Crippen LogP contribution < -0.4 is 4.90 Å². The van der Waals surface area contributed by atoms with E-state index in [1.807, 2.05) is 86.7 Å². The Morgan fingerprint density at radius 3 is 1.47 bits per heavy atom. The molecule has 0 aliphatic rings. The van der Waals surface area contributed by atoms with Gasteiger partial charge >= 0.3 is 5.97 Å². The molecule has 0 fully saturated rings. The summed E-state index contributed by atoms with van der Waals surface area (Å²) in [5, 5.41) is 8.84. The maximum absolute atomic E-state index is 13.5. The largest absolute Gasteiger partial charge is 0.481 e. The summed E-state index contributed by atoms with van der Waals surface area (Å²) in [6, 6.07) is 29.4. The molecule has 0 bridgehead atoms. The minimum absolute atomic E-state index is 0.109. The van der Waals surface area contributed by atoms with Crippen LogP contribution in [0.2, 0.25) is 0 Å². The van der Waals surface area contributed by atoms with Gasteiger partial charge in [0.15, 0.2) is 0 Å². The normalized spacial score (nSPS) is 10.9. The highest BCUT2D eigenvalue weighted by Gasteiger charge is 2.26. The van der Waals surface area contributed by atoms with E-state index in [1.165, 1.54) is 4.90 Å². The average molecular weight is 504 g/mol. The first-order chi connectivity index (χ1) is 18.3. The third kappa shape index (κ3) is 6.71. The maximum Gasteiger partial charge on any atom is 0.303 e. The highest BCUT2D eigenvalue weighted by Crippen LogP contribution is 2.23. The predicted octanol–water partition coefficient (Wildman–Crippen LogP) is 6.98. The Hall–Kier alpha value is -4.77. The topological polar surface area (TPSA) is 74.7 Å². The van der Waals surface area contributed by atoms with E-state index in [0.717, 1.165) is 27.8 Å². The first-order valence-corrected chi connectivity index (χ1v) is 12.4. The van der Waals surface area contributed by atoms with Crippen LogP contribution in [-0.2, 0) is 11.2 Å². The van der Waals surface area contributed by atoms with E-state index in [4.69, 9.17) is 5.11 Å². The van der Waals surface area contributed by atoms with E-state index < -0.39 is 5.97 Å². The van der Waals surface area contributed by atoms with Gasteiger partial charge in [-0.1, -0.05) is 83.9 Å². The summed E-state index contributed by atoms with van der Waals surface area (Å²) in [6.45, 7) is 3.90. The van der Waals surface area contributed by atoms with Crippen molar-refractivity contribution in [1.29, 1.82) is 0 Å². The Morgan fingerprint density at radius 1 is 0.632 bits per heavy atom. The summed E-state index contributed by atoms with van der Waals surface area (Å²) < 4.78 is 0. The van der Waals surface area contributed by atoms with Gasteiger partial charge in [-0.15, -0.1) is 0 Å². The monoisotopic (exact) mass is 503 g/mol. The van der Waals surface area contributed by atoms with Crippen molar-refractivity contribution in [3.8, 4) is 0 Å². The van der Waals surface area contributed by atoms with Gasteiger partial charge in [0.2, 0.25) is 0 Å². The Kier molecular flexibility index (Phi) is 8.29. The number of imide groups is 1. The maximum atomic E-state index is 13.5. The molecule has 4 rings (SSSR count). The van der Waals surface area contributed by atoms with E-state index in [-0.39, 0.29) is 18.2 Å². The molecule has 0 aromatic heterocycles. The number of amides is 2. The van der Waals surface area contributed by atoms with Crippen LogP contribution in [0, 0.1) is 13.8 Å². The fourth-order valence-electron chi connectivity index (χ4n) is 3.95. The number of aryl methyl sites for hydroxylation is 3. The number of carbonyl (C=O) groups is 3. The van der Waals surface area contributed by atoms with E-state index in [9.17, 15) is 14.4 Å². The summed E-state index contributed by atoms with van der Waals surface area (Å²) in [4.78, 5) is 39.0. The van der Waals surface area contributed by atoms with Gasteiger partial charge in [0.1, 0.15) is 0 Å². The van der Waals surface area contributed by atoms with Crippen molar-refractivity contribution >= 4 is 35.6 Å². The summed E-state index contributed by atoms with van der Waals surface area (Å²) in [6.07, 6.45) is 4.52. The van der Waals surface area contributed by atoms with Crippen molar-refractivity contribution < 1.29 is 19.5 Å². The number of benzene rings is 4. The standard InChI is InChI=1S/C33H29NO4/c1-23-3-16-28(17-4-23)32(37)34(33(38)29-18-5-24(2)6-19-29)30-20-13-27(14-21-30)12-9-25-7-10-26(11-8-25)15-22-31(35)36/h3-14,16-21H,15,22H2,1-2H3,(H,35,36)/b12-9+. The van der Waals surface area contributed by atoms with Crippen molar-refractivity contribution in [3.05, 3.63) is 136 Å². The summed E-state index contributed by atoms with van der Waals surface area (Å²) in [5.74, 6) is -1.58. The Balaban J connectivity index is 1.56. The first kappa shape index (κ1) is 26.3. The third-order valence-corrected chi connectivity index (χ3v) is 6.23. The van der Waals surface area contributed by atoms with Gasteiger partial charge in [0.25, 0.3) is 11.8 Å². The lowest BCUT2D eigenvalue weighted by Crippen LogP contribution is -2.37. The second-order valence-corrected chi connectivity index (χ2v) is 9.24. The molecule has 0 heterocycles. The molecule has 0 saturated carbocycles. The second-order valence-electron chi connectivity index (χ2n) is 9.24. The molecule has 0 unspecified atom stereocenters. The second kappa shape index (κ2) is 12.0. The van der Waals surface area contributed by atoms with Crippen LogP contribution in [0.5, 0.6) is 0 Å².